The van der Waals surface area contributed by atoms with Crippen molar-refractivity contribution in [2.45, 2.75) is 13.3 Å². The van der Waals surface area contributed by atoms with Crippen LogP contribution in [0.2, 0.25) is 0 Å². The number of benzene rings is 1. The molecular weight excluding hydrogens is 268 g/mol. The number of hydrogen-bond acceptors (Lipinski definition) is 6. The number of hydrogen-bond donors (Lipinski definition) is 1. The van der Waals surface area contributed by atoms with E-state index in [1.807, 2.05) is 24.3 Å². The second-order valence-electron chi connectivity index (χ2n) is 4.33. The highest BCUT2D eigenvalue weighted by Crippen LogP contribution is 2.20. The number of rotatable bonds is 4. The number of aromatic nitrogens is 5. The van der Waals surface area contributed by atoms with Crippen molar-refractivity contribution in [2.75, 3.05) is 5.73 Å². The average Bonchev–Trinajstić information content (AvgIpc) is 3.01. The molecular formula is C14H14N6O. The molecule has 0 amide bonds. The first-order chi connectivity index (χ1) is 10.2. The third-order valence-corrected chi connectivity index (χ3v) is 2.85. The summed E-state index contributed by atoms with van der Waals surface area (Å²) in [4.78, 5) is 12.2. The summed E-state index contributed by atoms with van der Waals surface area (Å²) in [5, 5.41) is 4.06. The number of nitrogen functional groups attached to an aromatic ring is 1. The van der Waals surface area contributed by atoms with Gasteiger partial charge in [-0.3, -0.25) is 0 Å². The van der Waals surface area contributed by atoms with Gasteiger partial charge in [0.2, 0.25) is 5.95 Å². The molecule has 3 rings (SSSR count). The summed E-state index contributed by atoms with van der Waals surface area (Å²) < 4.78 is 7.15. The maximum Gasteiger partial charge on any atom is 0.328 e. The molecule has 2 heterocycles. The van der Waals surface area contributed by atoms with Crippen LogP contribution >= 0.6 is 0 Å². The third-order valence-electron chi connectivity index (χ3n) is 2.85. The maximum atomic E-state index is 5.69. The normalized spacial score (nSPS) is 10.5. The van der Waals surface area contributed by atoms with Crippen molar-refractivity contribution in [1.29, 1.82) is 0 Å². The van der Waals surface area contributed by atoms with Crippen LogP contribution in [-0.2, 0) is 6.42 Å². The summed E-state index contributed by atoms with van der Waals surface area (Å²) in [6.45, 7) is 2.08. The second kappa shape index (κ2) is 5.58. The minimum atomic E-state index is 0.0807. The topological polar surface area (TPSA) is 91.7 Å². The van der Waals surface area contributed by atoms with Crippen molar-refractivity contribution in [3.8, 4) is 17.7 Å². The van der Waals surface area contributed by atoms with Crippen LogP contribution < -0.4 is 10.5 Å². The molecule has 0 fully saturated rings. The van der Waals surface area contributed by atoms with Crippen molar-refractivity contribution < 1.29 is 4.74 Å². The summed E-state index contributed by atoms with van der Waals surface area (Å²) in [7, 11) is 0. The number of anilines is 1. The molecule has 0 bridgehead atoms. The van der Waals surface area contributed by atoms with E-state index in [0.717, 1.165) is 6.42 Å². The highest BCUT2D eigenvalue weighted by Gasteiger charge is 2.08. The van der Waals surface area contributed by atoms with Gasteiger partial charge in [0.05, 0.1) is 0 Å². The molecule has 0 unspecified atom stereocenters. The Kier molecular flexibility index (Phi) is 3.46. The first-order valence-electron chi connectivity index (χ1n) is 6.53. The Balaban J connectivity index is 1.91. The van der Waals surface area contributed by atoms with E-state index in [4.69, 9.17) is 10.5 Å². The molecule has 0 saturated carbocycles. The van der Waals surface area contributed by atoms with Gasteiger partial charge in [0.1, 0.15) is 5.75 Å². The van der Waals surface area contributed by atoms with Crippen molar-refractivity contribution in [3.05, 3.63) is 48.3 Å². The molecule has 0 spiro atoms. The van der Waals surface area contributed by atoms with E-state index in [-0.39, 0.29) is 12.0 Å². The number of nitrogens with two attached hydrogens (primary N) is 1. The SMILES string of the molecule is CCc1cccc(Oc2nc(N)nc(-n3cccn3)n2)c1. The van der Waals surface area contributed by atoms with Gasteiger partial charge in [0, 0.05) is 12.4 Å². The van der Waals surface area contributed by atoms with Gasteiger partial charge in [0.15, 0.2) is 0 Å². The van der Waals surface area contributed by atoms with E-state index in [1.165, 1.54) is 10.2 Å². The van der Waals surface area contributed by atoms with E-state index >= 15 is 0 Å². The molecule has 0 aliphatic rings. The average molecular weight is 282 g/mol. The minimum Gasteiger partial charge on any atom is -0.424 e. The molecule has 0 radical (unpaired) electrons. The predicted molar refractivity (Wildman–Crippen MR) is 77.3 cm³/mol. The van der Waals surface area contributed by atoms with Gasteiger partial charge in [-0.15, -0.1) is 0 Å². The molecule has 106 valence electrons. The third kappa shape index (κ3) is 2.97. The van der Waals surface area contributed by atoms with Gasteiger partial charge in [0.25, 0.3) is 5.95 Å². The van der Waals surface area contributed by atoms with Crippen LogP contribution in [0, 0.1) is 0 Å². The maximum absolute atomic E-state index is 5.69. The fourth-order valence-electron chi connectivity index (χ4n) is 1.83. The lowest BCUT2D eigenvalue weighted by Gasteiger charge is -2.07. The zero-order valence-corrected chi connectivity index (χ0v) is 11.5. The standard InChI is InChI=1S/C14H14N6O/c1-2-10-5-3-6-11(9-10)21-14-18-12(15)17-13(19-14)20-8-4-7-16-20/h3-9H,2H2,1H3,(H2,15,17,18,19). The van der Waals surface area contributed by atoms with E-state index in [1.54, 1.807) is 18.5 Å². The summed E-state index contributed by atoms with van der Waals surface area (Å²) in [5.41, 5.74) is 6.86. The monoisotopic (exact) mass is 282 g/mol. The molecule has 2 aromatic heterocycles. The fourth-order valence-corrected chi connectivity index (χ4v) is 1.83. The van der Waals surface area contributed by atoms with Gasteiger partial charge in [-0.25, -0.2) is 4.68 Å². The van der Waals surface area contributed by atoms with E-state index in [0.29, 0.717) is 11.7 Å². The molecule has 0 saturated heterocycles. The Hall–Kier alpha value is -2.96. The Morgan fingerprint density at radius 3 is 2.86 bits per heavy atom. The molecule has 3 aromatic rings. The van der Waals surface area contributed by atoms with Gasteiger partial charge < -0.3 is 10.5 Å². The lowest BCUT2D eigenvalue weighted by Crippen LogP contribution is -2.07. The number of nitrogens with zero attached hydrogens (tertiary/aromatic N) is 5. The van der Waals surface area contributed by atoms with Crippen LogP contribution in [-0.4, -0.2) is 24.7 Å². The summed E-state index contributed by atoms with van der Waals surface area (Å²) in [5.74, 6) is 1.05. The van der Waals surface area contributed by atoms with Crippen LogP contribution in [0.3, 0.4) is 0 Å². The highest BCUT2D eigenvalue weighted by atomic mass is 16.5. The van der Waals surface area contributed by atoms with E-state index in [9.17, 15) is 0 Å². The van der Waals surface area contributed by atoms with Crippen LogP contribution in [0.5, 0.6) is 11.8 Å². The summed E-state index contributed by atoms with van der Waals surface area (Å²) in [6, 6.07) is 9.64. The smallest absolute Gasteiger partial charge is 0.328 e. The Morgan fingerprint density at radius 2 is 2.10 bits per heavy atom. The van der Waals surface area contributed by atoms with Gasteiger partial charge >= 0.3 is 6.01 Å². The quantitative estimate of drug-likeness (QED) is 0.786. The first-order valence-corrected chi connectivity index (χ1v) is 6.53. The molecule has 0 aliphatic heterocycles. The van der Waals surface area contributed by atoms with E-state index in [2.05, 4.69) is 27.0 Å². The van der Waals surface area contributed by atoms with Crippen LogP contribution in [0.1, 0.15) is 12.5 Å². The van der Waals surface area contributed by atoms with Crippen LogP contribution in [0.15, 0.2) is 42.7 Å². The van der Waals surface area contributed by atoms with Crippen molar-refractivity contribution in [1.82, 2.24) is 24.7 Å². The Labute approximate surface area is 121 Å². The van der Waals surface area contributed by atoms with Crippen LogP contribution in [0.25, 0.3) is 5.95 Å². The van der Waals surface area contributed by atoms with Gasteiger partial charge in [-0.05, 0) is 30.2 Å². The lowest BCUT2D eigenvalue weighted by molar-refractivity contribution is 0.438. The second-order valence-corrected chi connectivity index (χ2v) is 4.33. The van der Waals surface area contributed by atoms with Crippen molar-refractivity contribution in [2.24, 2.45) is 0 Å². The molecule has 2 N–H and O–H groups in total. The van der Waals surface area contributed by atoms with Gasteiger partial charge in [-0.1, -0.05) is 19.1 Å². The minimum absolute atomic E-state index is 0.0807. The summed E-state index contributed by atoms with van der Waals surface area (Å²) in [6.07, 6.45) is 4.27. The lowest BCUT2D eigenvalue weighted by atomic mass is 10.2. The molecule has 21 heavy (non-hydrogen) atoms. The number of aryl methyl sites for hydroxylation is 1. The van der Waals surface area contributed by atoms with Gasteiger partial charge in [-0.2, -0.15) is 20.1 Å². The zero-order valence-electron chi connectivity index (χ0n) is 11.5. The summed E-state index contributed by atoms with van der Waals surface area (Å²) >= 11 is 0. The number of ether oxygens (including phenoxy) is 1. The molecule has 1 aromatic carbocycles. The predicted octanol–water partition coefficient (Wildman–Crippen LogP) is 1.99. The largest absolute Gasteiger partial charge is 0.424 e. The molecule has 7 nitrogen and oxygen atoms in total. The Morgan fingerprint density at radius 1 is 1.19 bits per heavy atom. The molecule has 0 atom stereocenters. The highest BCUT2D eigenvalue weighted by molar-refractivity contribution is 5.32. The first kappa shape index (κ1) is 13.0. The zero-order chi connectivity index (χ0) is 14.7. The Bertz CT molecular complexity index is 741. The van der Waals surface area contributed by atoms with Crippen molar-refractivity contribution in [3.63, 3.8) is 0 Å². The van der Waals surface area contributed by atoms with E-state index < -0.39 is 0 Å². The van der Waals surface area contributed by atoms with Crippen LogP contribution in [0.4, 0.5) is 5.95 Å². The molecule has 0 aliphatic carbocycles. The molecule has 7 heteroatoms. The van der Waals surface area contributed by atoms with Crippen molar-refractivity contribution >= 4 is 5.95 Å². The fraction of sp³-hybridized carbons (Fsp3) is 0.143.